The highest BCUT2D eigenvalue weighted by Crippen LogP contribution is 2.23. The molecule has 4 rings (SSSR count). The Morgan fingerprint density at radius 3 is 2.57 bits per heavy atom. The van der Waals surface area contributed by atoms with Gasteiger partial charge in [-0.1, -0.05) is 12.1 Å². The van der Waals surface area contributed by atoms with Gasteiger partial charge in [0.15, 0.2) is 5.76 Å². The van der Waals surface area contributed by atoms with Crippen LogP contribution in [0.2, 0.25) is 0 Å². The first-order valence-electron chi connectivity index (χ1n) is 8.61. The molecule has 9 nitrogen and oxygen atoms in total. The quantitative estimate of drug-likeness (QED) is 0.506. The van der Waals surface area contributed by atoms with Crippen LogP contribution in [0.3, 0.4) is 0 Å². The molecule has 0 aliphatic carbocycles. The van der Waals surface area contributed by atoms with E-state index in [1.807, 2.05) is 4.90 Å². The predicted molar refractivity (Wildman–Crippen MR) is 97.0 cm³/mol. The van der Waals surface area contributed by atoms with Crippen molar-refractivity contribution < 1.29 is 18.5 Å². The maximum atomic E-state index is 14.1. The third-order valence-electron chi connectivity index (χ3n) is 4.57. The molecule has 1 saturated heterocycles. The monoisotopic (exact) mass is 385 g/mol. The number of imidazole rings is 1. The second-order valence-corrected chi connectivity index (χ2v) is 6.22. The lowest BCUT2D eigenvalue weighted by atomic mass is 10.3. The summed E-state index contributed by atoms with van der Waals surface area (Å²) in [6.45, 7) is 1.74. The van der Waals surface area contributed by atoms with Crippen LogP contribution in [0.1, 0.15) is 10.6 Å². The van der Waals surface area contributed by atoms with Gasteiger partial charge in [0, 0.05) is 38.6 Å². The van der Waals surface area contributed by atoms with Gasteiger partial charge in [-0.05, 0) is 18.2 Å². The average Bonchev–Trinajstić information content (AvgIpc) is 3.38. The normalized spacial score (nSPS) is 14.3. The molecule has 3 heterocycles. The molecule has 1 aliphatic rings. The molecule has 10 heteroatoms. The molecular weight excluding hydrogens is 369 g/mol. The van der Waals surface area contributed by atoms with Crippen molar-refractivity contribution in [3.05, 3.63) is 70.5 Å². The molecule has 0 atom stereocenters. The Hall–Kier alpha value is -3.69. The van der Waals surface area contributed by atoms with E-state index in [0.717, 1.165) is 6.07 Å². The van der Waals surface area contributed by atoms with E-state index >= 15 is 0 Å². The van der Waals surface area contributed by atoms with Crippen molar-refractivity contribution in [2.75, 3.05) is 31.1 Å². The molecule has 1 aromatic carbocycles. The number of carbonyl (C=O) groups is 1. The number of hydrogen-bond acceptors (Lipinski definition) is 6. The third kappa shape index (κ3) is 3.20. The number of hydrogen-bond donors (Lipinski definition) is 0. The minimum atomic E-state index is -0.683. The summed E-state index contributed by atoms with van der Waals surface area (Å²) >= 11 is 0. The van der Waals surface area contributed by atoms with Crippen LogP contribution in [0.15, 0.2) is 53.2 Å². The summed E-state index contributed by atoms with van der Waals surface area (Å²) in [6, 6.07) is 8.90. The van der Waals surface area contributed by atoms with Crippen molar-refractivity contribution in [2.45, 2.75) is 0 Å². The molecule has 0 spiro atoms. The fourth-order valence-electron chi connectivity index (χ4n) is 3.17. The summed E-state index contributed by atoms with van der Waals surface area (Å²) in [5.74, 6) is -0.687. The summed E-state index contributed by atoms with van der Waals surface area (Å²) in [5, 5.41) is 10.7. The van der Waals surface area contributed by atoms with Gasteiger partial charge in [0.25, 0.3) is 5.91 Å². The summed E-state index contributed by atoms with van der Waals surface area (Å²) < 4.78 is 20.8. The zero-order chi connectivity index (χ0) is 19.7. The van der Waals surface area contributed by atoms with E-state index < -0.39 is 16.7 Å². The van der Waals surface area contributed by atoms with E-state index in [1.165, 1.54) is 12.1 Å². The summed E-state index contributed by atoms with van der Waals surface area (Å²) in [6.07, 6.45) is 3.29. The van der Waals surface area contributed by atoms with E-state index in [4.69, 9.17) is 4.42 Å². The number of rotatable bonds is 4. The zero-order valence-electron chi connectivity index (χ0n) is 14.7. The maximum Gasteiger partial charge on any atom is 0.433 e. The highest BCUT2D eigenvalue weighted by molar-refractivity contribution is 5.92. The van der Waals surface area contributed by atoms with Gasteiger partial charge in [-0.15, -0.1) is 0 Å². The second-order valence-electron chi connectivity index (χ2n) is 6.22. The van der Waals surface area contributed by atoms with E-state index in [-0.39, 0.29) is 11.6 Å². The third-order valence-corrected chi connectivity index (χ3v) is 4.57. The maximum absolute atomic E-state index is 14.1. The Bertz CT molecular complexity index is 1020. The first-order valence-corrected chi connectivity index (χ1v) is 8.61. The Morgan fingerprint density at radius 1 is 1.14 bits per heavy atom. The predicted octanol–water partition coefficient (Wildman–Crippen LogP) is 2.48. The Kier molecular flexibility index (Phi) is 4.52. The molecule has 0 N–H and O–H groups in total. The van der Waals surface area contributed by atoms with Crippen molar-refractivity contribution in [2.24, 2.45) is 0 Å². The van der Waals surface area contributed by atoms with Crippen LogP contribution in [0, 0.1) is 15.9 Å². The van der Waals surface area contributed by atoms with Crippen molar-refractivity contribution >= 4 is 17.7 Å². The highest BCUT2D eigenvalue weighted by Gasteiger charge is 2.27. The largest absolute Gasteiger partial charge is 0.433 e. The highest BCUT2D eigenvalue weighted by atomic mass is 19.1. The number of para-hydroxylation sites is 1. The lowest BCUT2D eigenvalue weighted by Gasteiger charge is -2.35. The number of carbonyl (C=O) groups excluding carboxylic acids is 1. The first-order chi connectivity index (χ1) is 13.5. The molecule has 0 saturated carbocycles. The van der Waals surface area contributed by atoms with Gasteiger partial charge in [-0.2, -0.15) is 0 Å². The van der Waals surface area contributed by atoms with Crippen molar-refractivity contribution in [1.29, 1.82) is 0 Å². The van der Waals surface area contributed by atoms with Crippen LogP contribution < -0.4 is 4.90 Å². The van der Waals surface area contributed by atoms with Gasteiger partial charge >= 0.3 is 5.88 Å². The van der Waals surface area contributed by atoms with E-state index in [9.17, 15) is 19.3 Å². The molecule has 144 valence electrons. The van der Waals surface area contributed by atoms with Crippen molar-refractivity contribution in [3.63, 3.8) is 0 Å². The summed E-state index contributed by atoms with van der Waals surface area (Å²) in [7, 11) is 0. The fourth-order valence-corrected chi connectivity index (χ4v) is 3.17. The van der Waals surface area contributed by atoms with Crippen LogP contribution in [0.5, 0.6) is 0 Å². The molecular formula is C18H16FN5O4. The van der Waals surface area contributed by atoms with Gasteiger partial charge in [0.05, 0.1) is 11.8 Å². The number of halogens is 1. The van der Waals surface area contributed by atoms with Crippen LogP contribution in [0.4, 0.5) is 16.2 Å². The Labute approximate surface area is 158 Å². The van der Waals surface area contributed by atoms with Gasteiger partial charge in [-0.3, -0.25) is 19.5 Å². The van der Waals surface area contributed by atoms with Crippen molar-refractivity contribution in [3.8, 4) is 5.69 Å². The first kappa shape index (κ1) is 17.7. The number of nitrogens with zero attached hydrogens (tertiary/aromatic N) is 5. The van der Waals surface area contributed by atoms with Crippen LogP contribution in [-0.2, 0) is 0 Å². The lowest BCUT2D eigenvalue weighted by Crippen LogP contribution is -2.49. The standard InChI is InChI=1S/C18H16FN5O4/c19-13-3-1-2-4-14(13)23-8-7-20-18(23)22-11-9-21(10-12-22)17(25)15-5-6-16(28-15)24(26)27/h1-8H,9-12H2. The average molecular weight is 385 g/mol. The van der Waals surface area contributed by atoms with E-state index in [1.54, 1.807) is 40.1 Å². The number of anilines is 1. The Balaban J connectivity index is 1.46. The number of aromatic nitrogens is 2. The second kappa shape index (κ2) is 7.14. The minimum Gasteiger partial charge on any atom is -0.395 e. The van der Waals surface area contributed by atoms with Gasteiger partial charge in [0.2, 0.25) is 5.95 Å². The number of furan rings is 1. The van der Waals surface area contributed by atoms with Gasteiger partial charge < -0.3 is 14.2 Å². The number of amides is 1. The SMILES string of the molecule is O=C(c1ccc([N+](=O)[O-])o1)N1CCN(c2nccn2-c2ccccc2F)CC1. The minimum absolute atomic E-state index is 0.0620. The molecule has 2 aromatic heterocycles. The van der Waals surface area contributed by atoms with E-state index in [2.05, 4.69) is 4.98 Å². The smallest absolute Gasteiger partial charge is 0.395 e. The van der Waals surface area contributed by atoms with Crippen LogP contribution >= 0.6 is 0 Å². The lowest BCUT2D eigenvalue weighted by molar-refractivity contribution is -0.402. The molecule has 1 amide bonds. The summed E-state index contributed by atoms with van der Waals surface area (Å²) in [4.78, 5) is 30.4. The van der Waals surface area contributed by atoms with Gasteiger partial charge in [-0.25, -0.2) is 9.37 Å². The number of nitro groups is 1. The van der Waals surface area contributed by atoms with Crippen LogP contribution in [-0.4, -0.2) is 51.5 Å². The molecule has 28 heavy (non-hydrogen) atoms. The molecule has 1 aliphatic heterocycles. The fraction of sp³-hybridized carbons (Fsp3) is 0.222. The summed E-state index contributed by atoms with van der Waals surface area (Å²) in [5.41, 5.74) is 0.399. The van der Waals surface area contributed by atoms with Crippen LogP contribution in [0.25, 0.3) is 5.69 Å². The number of benzene rings is 1. The molecule has 0 bridgehead atoms. The van der Waals surface area contributed by atoms with E-state index in [0.29, 0.717) is 37.8 Å². The molecule has 1 fully saturated rings. The Morgan fingerprint density at radius 2 is 1.89 bits per heavy atom. The number of piperazine rings is 1. The molecule has 0 unspecified atom stereocenters. The zero-order valence-corrected chi connectivity index (χ0v) is 14.7. The van der Waals surface area contributed by atoms with Crippen molar-refractivity contribution in [1.82, 2.24) is 14.5 Å². The molecule has 0 radical (unpaired) electrons. The molecule has 3 aromatic rings. The van der Waals surface area contributed by atoms with Gasteiger partial charge in [0.1, 0.15) is 10.7 Å². The topological polar surface area (TPSA) is 97.6 Å².